The van der Waals surface area contributed by atoms with Gasteiger partial charge in [-0.1, -0.05) is 22.9 Å². The Morgan fingerprint density at radius 3 is 2.53 bits per heavy atom. The van der Waals surface area contributed by atoms with Crippen LogP contribution in [0.3, 0.4) is 0 Å². The van der Waals surface area contributed by atoms with Crippen molar-refractivity contribution < 1.29 is 9.61 Å². The topological polar surface area (TPSA) is 111 Å². The summed E-state index contributed by atoms with van der Waals surface area (Å²) in [6.07, 6.45) is 1.75. The average molecular weight is 264 g/mol. The molecule has 4 N–H and O–H groups in total. The lowest BCUT2D eigenvalue weighted by molar-refractivity contribution is -0.552. The monoisotopic (exact) mass is 264 g/mol. The number of hydrogen-bond acceptors (Lipinski definition) is 3. The smallest absolute Gasteiger partial charge is 0.256 e. The quantitative estimate of drug-likeness (QED) is 0.252. The average Bonchev–Trinajstić information content (AvgIpc) is 2.27. The molecule has 0 aliphatic heterocycles. The van der Waals surface area contributed by atoms with E-state index in [-0.39, 0.29) is 23.3 Å². The van der Waals surface area contributed by atoms with Crippen molar-refractivity contribution in [2.24, 2.45) is 22.5 Å². The fraction of sp³-hybridized carbons (Fsp3) is 0.333. The van der Waals surface area contributed by atoms with Crippen LogP contribution in [-0.4, -0.2) is 34.9 Å². The standard InChI is InChI=1S/C12H18N5O2/c1-10(8-17(18)19)7-16(15-12(13)14)9-11-5-3-2-4-6-11/h2-6,9-10H,7-8H2,1H3,(H4,13,14,15)/q+1. The summed E-state index contributed by atoms with van der Waals surface area (Å²) in [6, 6.07) is 9.47. The summed E-state index contributed by atoms with van der Waals surface area (Å²) < 4.78 is 1.53. The minimum Gasteiger partial charge on any atom is -0.365 e. The third-order valence-corrected chi connectivity index (χ3v) is 2.30. The number of rotatable bonds is 6. The first-order valence-corrected chi connectivity index (χ1v) is 5.85. The molecule has 1 aromatic carbocycles. The van der Waals surface area contributed by atoms with Crippen LogP contribution in [0.4, 0.5) is 0 Å². The fourth-order valence-electron chi connectivity index (χ4n) is 1.61. The van der Waals surface area contributed by atoms with Crippen molar-refractivity contribution in [1.29, 1.82) is 0 Å². The van der Waals surface area contributed by atoms with Gasteiger partial charge < -0.3 is 11.5 Å². The molecule has 1 aromatic rings. The lowest BCUT2D eigenvalue weighted by Crippen LogP contribution is -2.29. The van der Waals surface area contributed by atoms with Crippen molar-refractivity contribution in [2.75, 3.05) is 13.1 Å². The molecule has 0 heterocycles. The Labute approximate surface area is 111 Å². The molecule has 0 amide bonds. The van der Waals surface area contributed by atoms with Gasteiger partial charge in [-0.25, -0.2) is 0 Å². The Morgan fingerprint density at radius 2 is 2.00 bits per heavy atom. The number of benzene rings is 1. The van der Waals surface area contributed by atoms with Crippen molar-refractivity contribution in [3.05, 3.63) is 46.0 Å². The first kappa shape index (κ1) is 14.6. The Morgan fingerprint density at radius 1 is 1.37 bits per heavy atom. The molecule has 7 nitrogen and oxygen atoms in total. The van der Waals surface area contributed by atoms with Gasteiger partial charge in [0.2, 0.25) is 12.8 Å². The van der Waals surface area contributed by atoms with Gasteiger partial charge >= 0.3 is 0 Å². The Kier molecular flexibility index (Phi) is 5.46. The van der Waals surface area contributed by atoms with Crippen LogP contribution < -0.4 is 11.5 Å². The lowest BCUT2D eigenvalue weighted by atomic mass is 10.2. The van der Waals surface area contributed by atoms with Crippen LogP contribution in [0.2, 0.25) is 0 Å². The van der Waals surface area contributed by atoms with Gasteiger partial charge in [0.15, 0.2) is 6.54 Å². The van der Waals surface area contributed by atoms with Gasteiger partial charge in [0.05, 0.1) is 5.92 Å². The zero-order valence-electron chi connectivity index (χ0n) is 10.8. The second kappa shape index (κ2) is 7.10. The number of nitrogens with two attached hydrogens (primary N) is 2. The van der Waals surface area contributed by atoms with Crippen molar-refractivity contribution in [2.45, 2.75) is 6.92 Å². The number of nitro groups is 1. The first-order valence-electron chi connectivity index (χ1n) is 5.85. The zero-order chi connectivity index (χ0) is 14.3. The molecule has 1 unspecified atom stereocenters. The van der Waals surface area contributed by atoms with Crippen molar-refractivity contribution in [1.82, 2.24) is 0 Å². The minimum atomic E-state index is -0.346. The SMILES string of the molecule is CC(C[N+](=O)[O-])C[N+](=Cc1ccccc1)N=C(N)N. The molecule has 0 aliphatic carbocycles. The van der Waals surface area contributed by atoms with Gasteiger partial charge in [0.25, 0.3) is 5.96 Å². The van der Waals surface area contributed by atoms with Crippen LogP contribution >= 0.6 is 0 Å². The van der Waals surface area contributed by atoms with E-state index in [2.05, 4.69) is 5.10 Å². The van der Waals surface area contributed by atoms with Gasteiger partial charge in [0.1, 0.15) is 0 Å². The van der Waals surface area contributed by atoms with E-state index in [0.29, 0.717) is 6.54 Å². The largest absolute Gasteiger partial charge is 0.365 e. The van der Waals surface area contributed by atoms with Gasteiger partial charge in [-0.3, -0.25) is 10.1 Å². The molecular weight excluding hydrogens is 246 g/mol. The van der Waals surface area contributed by atoms with Gasteiger partial charge in [0, 0.05) is 15.6 Å². The van der Waals surface area contributed by atoms with E-state index in [1.165, 1.54) is 4.68 Å². The number of nitrogens with zero attached hydrogens (tertiary/aromatic N) is 3. The van der Waals surface area contributed by atoms with E-state index in [1.807, 2.05) is 30.3 Å². The molecule has 0 saturated heterocycles. The summed E-state index contributed by atoms with van der Waals surface area (Å²) >= 11 is 0. The number of hydrazone groups is 1. The molecular formula is C12H18N5O2+. The highest BCUT2D eigenvalue weighted by atomic mass is 16.6. The summed E-state index contributed by atoms with van der Waals surface area (Å²) in [5.41, 5.74) is 11.6. The molecule has 0 spiro atoms. The van der Waals surface area contributed by atoms with Crippen LogP contribution in [0.5, 0.6) is 0 Å². The summed E-state index contributed by atoms with van der Waals surface area (Å²) in [4.78, 5) is 10.1. The van der Waals surface area contributed by atoms with E-state index in [1.54, 1.807) is 13.1 Å². The van der Waals surface area contributed by atoms with Crippen molar-refractivity contribution >= 4 is 12.2 Å². The zero-order valence-corrected chi connectivity index (χ0v) is 10.8. The summed E-state index contributed by atoms with van der Waals surface area (Å²) in [6.45, 7) is 2.02. The van der Waals surface area contributed by atoms with Gasteiger partial charge in [-0.2, -0.15) is 0 Å². The second-order valence-electron chi connectivity index (χ2n) is 4.31. The van der Waals surface area contributed by atoms with Gasteiger partial charge in [-0.05, 0) is 19.1 Å². The minimum absolute atomic E-state index is 0.0829. The molecule has 0 radical (unpaired) electrons. The molecule has 1 rings (SSSR count). The summed E-state index contributed by atoms with van der Waals surface area (Å²) in [7, 11) is 0. The molecule has 0 saturated carbocycles. The second-order valence-corrected chi connectivity index (χ2v) is 4.31. The summed E-state index contributed by atoms with van der Waals surface area (Å²) in [5, 5.41) is 14.4. The van der Waals surface area contributed by atoms with Crippen LogP contribution in [0.25, 0.3) is 0 Å². The molecule has 102 valence electrons. The molecule has 0 aliphatic rings. The van der Waals surface area contributed by atoms with E-state index >= 15 is 0 Å². The first-order chi connectivity index (χ1) is 8.97. The Balaban J connectivity index is 2.87. The maximum absolute atomic E-state index is 10.5. The molecule has 0 aromatic heterocycles. The van der Waals surface area contributed by atoms with Crippen molar-refractivity contribution in [3.63, 3.8) is 0 Å². The summed E-state index contributed by atoms with van der Waals surface area (Å²) in [5.74, 6) is -0.251. The van der Waals surface area contributed by atoms with E-state index in [0.717, 1.165) is 5.56 Å². The molecule has 19 heavy (non-hydrogen) atoms. The third kappa shape index (κ3) is 6.16. The predicted molar refractivity (Wildman–Crippen MR) is 73.6 cm³/mol. The molecule has 0 fully saturated rings. The Bertz CT molecular complexity index is 480. The van der Waals surface area contributed by atoms with Crippen molar-refractivity contribution in [3.8, 4) is 0 Å². The van der Waals surface area contributed by atoms with Crippen LogP contribution in [0, 0.1) is 16.0 Å². The lowest BCUT2D eigenvalue weighted by Gasteiger charge is -2.02. The maximum atomic E-state index is 10.5. The maximum Gasteiger partial charge on any atom is 0.256 e. The number of hydrogen-bond donors (Lipinski definition) is 2. The normalized spacial score (nSPS) is 12.8. The molecule has 1 atom stereocenters. The predicted octanol–water partition coefficient (Wildman–Crippen LogP) is 0.219. The molecule has 0 bridgehead atoms. The van der Waals surface area contributed by atoms with Crippen LogP contribution in [0.1, 0.15) is 12.5 Å². The van der Waals surface area contributed by atoms with E-state index in [4.69, 9.17) is 11.5 Å². The fourth-order valence-corrected chi connectivity index (χ4v) is 1.61. The molecule has 7 heteroatoms. The number of guanidine groups is 1. The highest BCUT2D eigenvalue weighted by molar-refractivity contribution is 5.77. The highest BCUT2D eigenvalue weighted by Gasteiger charge is 2.17. The van der Waals surface area contributed by atoms with E-state index in [9.17, 15) is 10.1 Å². The van der Waals surface area contributed by atoms with E-state index < -0.39 is 0 Å². The third-order valence-electron chi connectivity index (χ3n) is 2.30. The van der Waals surface area contributed by atoms with Crippen LogP contribution in [0.15, 0.2) is 35.4 Å². The van der Waals surface area contributed by atoms with Gasteiger partial charge in [-0.15, -0.1) is 0 Å². The van der Waals surface area contributed by atoms with Crippen LogP contribution in [-0.2, 0) is 0 Å². The Hall–Kier alpha value is -2.44. The highest BCUT2D eigenvalue weighted by Crippen LogP contribution is 1.99.